The molecule has 5 rings (SSSR count). The molecule has 1 atom stereocenters. The molecule has 8 heteroatoms. The number of urea groups is 1. The van der Waals surface area contributed by atoms with Crippen LogP contribution in [0.1, 0.15) is 12.1 Å². The normalized spacial score (nSPS) is 17.6. The van der Waals surface area contributed by atoms with Gasteiger partial charge in [0.15, 0.2) is 5.82 Å². The van der Waals surface area contributed by atoms with Crippen LogP contribution in [-0.2, 0) is 7.05 Å². The van der Waals surface area contributed by atoms with E-state index in [9.17, 15) is 4.79 Å². The summed E-state index contributed by atoms with van der Waals surface area (Å²) < 4.78 is 1.78. The van der Waals surface area contributed by atoms with Gasteiger partial charge in [-0.15, -0.1) is 0 Å². The lowest BCUT2D eigenvalue weighted by atomic mass is 10.1. The van der Waals surface area contributed by atoms with Crippen molar-refractivity contribution < 1.29 is 4.79 Å². The van der Waals surface area contributed by atoms with Crippen molar-refractivity contribution in [3.63, 3.8) is 0 Å². The zero-order valence-electron chi connectivity index (χ0n) is 15.8. The second kappa shape index (κ2) is 6.33. The summed E-state index contributed by atoms with van der Waals surface area (Å²) in [6, 6.07) is 7.66. The minimum absolute atomic E-state index is 0.113. The van der Waals surface area contributed by atoms with Crippen LogP contribution in [0.15, 0.2) is 42.9 Å². The van der Waals surface area contributed by atoms with E-state index in [1.54, 1.807) is 28.0 Å². The molecule has 0 radical (unpaired) electrons. The number of anilines is 3. The second-order valence-corrected chi connectivity index (χ2v) is 7.27. The highest BCUT2D eigenvalue weighted by molar-refractivity contribution is 6.04. The van der Waals surface area contributed by atoms with Crippen molar-refractivity contribution in [3.05, 3.63) is 48.5 Å². The molecule has 28 heavy (non-hydrogen) atoms. The Kier molecular flexibility index (Phi) is 3.78. The predicted octanol–water partition coefficient (Wildman–Crippen LogP) is 2.82. The number of hydrogen-bond acceptors (Lipinski definition) is 5. The third-order valence-corrected chi connectivity index (χ3v) is 5.37. The van der Waals surface area contributed by atoms with E-state index >= 15 is 0 Å². The quantitative estimate of drug-likeness (QED) is 0.745. The summed E-state index contributed by atoms with van der Waals surface area (Å²) >= 11 is 0. The lowest BCUT2D eigenvalue weighted by Gasteiger charge is -2.35. The molecule has 3 aromatic rings. The minimum Gasteiger partial charge on any atom is -0.366 e. The SMILES string of the molecule is Cc1nn(C)cc1-c1ccc2c(n1)N(C(=O)Nc1cccnc1)[C@H]1CCN2C1. The predicted molar refractivity (Wildman–Crippen MR) is 108 cm³/mol. The zero-order valence-corrected chi connectivity index (χ0v) is 15.8. The van der Waals surface area contributed by atoms with Crippen LogP contribution in [0.2, 0.25) is 0 Å². The molecule has 0 aliphatic carbocycles. The Hall–Kier alpha value is -3.42. The Balaban J connectivity index is 1.55. The number of nitrogens with one attached hydrogen (secondary N) is 1. The van der Waals surface area contributed by atoms with Gasteiger partial charge in [-0.3, -0.25) is 14.6 Å². The van der Waals surface area contributed by atoms with Crippen molar-refractivity contribution in [3.8, 4) is 11.3 Å². The van der Waals surface area contributed by atoms with Gasteiger partial charge in [-0.05, 0) is 37.6 Å². The number of aromatic nitrogens is 4. The Labute approximate surface area is 162 Å². The lowest BCUT2D eigenvalue weighted by molar-refractivity contribution is 0.255. The zero-order chi connectivity index (χ0) is 19.3. The fourth-order valence-corrected chi connectivity index (χ4v) is 4.09. The molecule has 3 aromatic heterocycles. The largest absolute Gasteiger partial charge is 0.366 e. The van der Waals surface area contributed by atoms with Crippen molar-refractivity contribution in [2.45, 2.75) is 19.4 Å². The summed E-state index contributed by atoms with van der Waals surface area (Å²) in [4.78, 5) is 26.2. The molecule has 2 aliphatic rings. The van der Waals surface area contributed by atoms with Crippen LogP contribution < -0.4 is 15.1 Å². The van der Waals surface area contributed by atoms with Crippen LogP contribution in [0, 0.1) is 6.92 Å². The van der Waals surface area contributed by atoms with Crippen LogP contribution in [0.4, 0.5) is 22.0 Å². The monoisotopic (exact) mass is 375 g/mol. The van der Waals surface area contributed by atoms with Crippen molar-refractivity contribution >= 4 is 23.2 Å². The van der Waals surface area contributed by atoms with E-state index < -0.39 is 0 Å². The van der Waals surface area contributed by atoms with E-state index in [1.165, 1.54) is 0 Å². The highest BCUT2D eigenvalue weighted by atomic mass is 16.2. The van der Waals surface area contributed by atoms with Crippen LogP contribution in [-0.4, -0.2) is 44.9 Å². The average Bonchev–Trinajstić information content (AvgIpc) is 3.26. The topological polar surface area (TPSA) is 79.2 Å². The summed E-state index contributed by atoms with van der Waals surface area (Å²) in [6.07, 6.45) is 6.22. The molecular formula is C20H21N7O. The Bertz CT molecular complexity index is 1050. The highest BCUT2D eigenvalue weighted by Crippen LogP contribution is 2.40. The maximum Gasteiger partial charge on any atom is 0.327 e. The molecule has 8 nitrogen and oxygen atoms in total. The molecule has 0 saturated carbocycles. The molecular weight excluding hydrogens is 354 g/mol. The molecule has 0 unspecified atom stereocenters. The molecule has 1 N–H and O–H groups in total. The first-order valence-corrected chi connectivity index (χ1v) is 9.37. The van der Waals surface area contributed by atoms with Gasteiger partial charge in [-0.1, -0.05) is 0 Å². The molecule has 0 spiro atoms. The van der Waals surface area contributed by atoms with Crippen LogP contribution >= 0.6 is 0 Å². The number of nitrogens with zero attached hydrogens (tertiary/aromatic N) is 6. The minimum atomic E-state index is -0.173. The van der Waals surface area contributed by atoms with Gasteiger partial charge in [0.1, 0.15) is 0 Å². The highest BCUT2D eigenvalue weighted by Gasteiger charge is 2.40. The third-order valence-electron chi connectivity index (χ3n) is 5.37. The molecule has 1 saturated heterocycles. The maximum absolute atomic E-state index is 13.1. The van der Waals surface area contributed by atoms with Crippen molar-refractivity contribution in [1.29, 1.82) is 0 Å². The number of pyridine rings is 2. The molecule has 5 heterocycles. The van der Waals surface area contributed by atoms with Crippen LogP contribution in [0.25, 0.3) is 11.3 Å². The first kappa shape index (κ1) is 16.7. The summed E-state index contributed by atoms with van der Waals surface area (Å²) in [5, 5.41) is 7.38. The average molecular weight is 375 g/mol. The molecule has 0 aromatic carbocycles. The van der Waals surface area contributed by atoms with Gasteiger partial charge in [-0.25, -0.2) is 9.78 Å². The van der Waals surface area contributed by atoms with Gasteiger partial charge in [0.05, 0.1) is 35.0 Å². The lowest BCUT2D eigenvalue weighted by Crippen LogP contribution is -2.48. The first-order chi connectivity index (χ1) is 13.6. The fraction of sp³-hybridized carbons (Fsp3) is 0.300. The first-order valence-electron chi connectivity index (χ1n) is 9.37. The molecule has 2 amide bonds. The summed E-state index contributed by atoms with van der Waals surface area (Å²) in [7, 11) is 1.90. The van der Waals surface area contributed by atoms with E-state index in [1.807, 2.05) is 32.3 Å². The van der Waals surface area contributed by atoms with E-state index in [2.05, 4.69) is 26.4 Å². The molecule has 1 fully saturated rings. The Morgan fingerprint density at radius 3 is 2.93 bits per heavy atom. The van der Waals surface area contributed by atoms with Gasteiger partial charge in [0, 0.05) is 38.1 Å². The van der Waals surface area contributed by atoms with E-state index in [4.69, 9.17) is 4.98 Å². The van der Waals surface area contributed by atoms with Gasteiger partial charge < -0.3 is 10.2 Å². The Morgan fingerprint density at radius 2 is 2.18 bits per heavy atom. The number of hydrogen-bond donors (Lipinski definition) is 1. The van der Waals surface area contributed by atoms with Gasteiger partial charge in [0.25, 0.3) is 0 Å². The van der Waals surface area contributed by atoms with E-state index in [0.717, 1.165) is 42.1 Å². The van der Waals surface area contributed by atoms with Crippen molar-refractivity contribution in [2.24, 2.45) is 7.05 Å². The number of rotatable bonds is 2. The van der Waals surface area contributed by atoms with E-state index in [0.29, 0.717) is 11.5 Å². The summed E-state index contributed by atoms with van der Waals surface area (Å²) in [5.41, 5.74) is 4.39. The van der Waals surface area contributed by atoms with Crippen LogP contribution in [0.3, 0.4) is 0 Å². The fourth-order valence-electron chi connectivity index (χ4n) is 4.09. The van der Waals surface area contributed by atoms with Gasteiger partial charge >= 0.3 is 6.03 Å². The van der Waals surface area contributed by atoms with Gasteiger partial charge in [0.2, 0.25) is 0 Å². The molecule has 2 bridgehead atoms. The second-order valence-electron chi connectivity index (χ2n) is 7.27. The summed E-state index contributed by atoms with van der Waals surface area (Å²) in [5.74, 6) is 0.705. The number of aryl methyl sites for hydroxylation is 2. The smallest absolute Gasteiger partial charge is 0.327 e. The van der Waals surface area contributed by atoms with Crippen molar-refractivity contribution in [1.82, 2.24) is 19.7 Å². The standard InChI is InChI=1S/C20H21N7O/c1-13-16(12-25(2)24-13)17-5-6-18-19(23-17)27(15-7-9-26(18)11-15)20(28)22-14-4-3-8-21-10-14/h3-6,8,10,12,15H,7,9,11H2,1-2H3,(H,22,28)/t15-/m0/s1. The van der Waals surface area contributed by atoms with E-state index in [-0.39, 0.29) is 12.1 Å². The van der Waals surface area contributed by atoms with Crippen molar-refractivity contribution in [2.75, 3.05) is 28.2 Å². The summed E-state index contributed by atoms with van der Waals surface area (Å²) in [6.45, 7) is 3.73. The number of amides is 2. The number of carbonyl (C=O) groups is 1. The van der Waals surface area contributed by atoms with Gasteiger partial charge in [-0.2, -0.15) is 5.10 Å². The Morgan fingerprint density at radius 1 is 1.29 bits per heavy atom. The molecule has 142 valence electrons. The number of carbonyl (C=O) groups excluding carboxylic acids is 1. The van der Waals surface area contributed by atoms with Crippen LogP contribution in [0.5, 0.6) is 0 Å². The maximum atomic E-state index is 13.1. The number of fused-ring (bicyclic) bond motifs is 4. The third kappa shape index (κ3) is 2.69. The molecule has 2 aliphatic heterocycles.